The molecule has 0 aliphatic carbocycles. The molecule has 17 heavy (non-hydrogen) atoms. The first kappa shape index (κ1) is 12.8. The molecule has 2 unspecified atom stereocenters. The second-order valence-corrected chi connectivity index (χ2v) is 5.26. The van der Waals surface area contributed by atoms with Gasteiger partial charge in [0.15, 0.2) is 0 Å². The van der Waals surface area contributed by atoms with Crippen LogP contribution in [-0.2, 0) is 9.53 Å². The number of morpholine rings is 1. The molecule has 2 aliphatic heterocycles. The Morgan fingerprint density at radius 1 is 1.59 bits per heavy atom. The Bertz CT molecular complexity index is 291. The van der Waals surface area contributed by atoms with E-state index in [0.717, 1.165) is 32.7 Å². The molecule has 2 atom stereocenters. The van der Waals surface area contributed by atoms with Crippen molar-refractivity contribution in [1.82, 2.24) is 10.2 Å². The van der Waals surface area contributed by atoms with Crippen molar-refractivity contribution in [2.45, 2.75) is 44.4 Å². The summed E-state index contributed by atoms with van der Waals surface area (Å²) in [4.78, 5) is 13.4. The number of rotatable bonds is 4. The maximum atomic E-state index is 11.0. The third-order valence-corrected chi connectivity index (χ3v) is 3.94. The quantitative estimate of drug-likeness (QED) is 0.742. The van der Waals surface area contributed by atoms with Crippen molar-refractivity contribution < 1.29 is 14.6 Å². The van der Waals surface area contributed by atoms with Crippen molar-refractivity contribution in [3.8, 4) is 0 Å². The van der Waals surface area contributed by atoms with E-state index in [1.165, 1.54) is 0 Å². The largest absolute Gasteiger partial charge is 0.481 e. The average molecular weight is 242 g/mol. The molecule has 0 amide bonds. The topological polar surface area (TPSA) is 61.8 Å². The molecule has 2 N–H and O–H groups in total. The molecule has 0 aromatic rings. The Labute approximate surface area is 102 Å². The van der Waals surface area contributed by atoms with Gasteiger partial charge in [0.1, 0.15) is 0 Å². The molecular weight excluding hydrogens is 220 g/mol. The Balaban J connectivity index is 2.12. The molecule has 2 rings (SSSR count). The van der Waals surface area contributed by atoms with Crippen LogP contribution in [0.4, 0.5) is 0 Å². The van der Waals surface area contributed by atoms with Crippen LogP contribution in [0, 0.1) is 0 Å². The van der Waals surface area contributed by atoms with Crippen LogP contribution in [0.5, 0.6) is 0 Å². The molecule has 0 aromatic heterocycles. The zero-order valence-corrected chi connectivity index (χ0v) is 10.6. The van der Waals surface area contributed by atoms with Gasteiger partial charge in [0.25, 0.3) is 0 Å². The third kappa shape index (κ3) is 2.46. The van der Waals surface area contributed by atoms with Gasteiger partial charge in [-0.15, -0.1) is 0 Å². The van der Waals surface area contributed by atoms with Gasteiger partial charge in [-0.1, -0.05) is 6.92 Å². The zero-order valence-electron chi connectivity index (χ0n) is 10.6. The van der Waals surface area contributed by atoms with Gasteiger partial charge in [-0.25, -0.2) is 0 Å². The van der Waals surface area contributed by atoms with Crippen molar-refractivity contribution in [3.63, 3.8) is 0 Å². The van der Waals surface area contributed by atoms with Crippen LogP contribution in [0.2, 0.25) is 0 Å². The second-order valence-electron chi connectivity index (χ2n) is 5.26. The number of hydrogen-bond acceptors (Lipinski definition) is 4. The fraction of sp³-hybridized carbons (Fsp3) is 0.917. The van der Waals surface area contributed by atoms with Gasteiger partial charge in [-0.05, 0) is 13.3 Å². The molecule has 0 aromatic carbocycles. The van der Waals surface area contributed by atoms with E-state index in [1.807, 2.05) is 0 Å². The lowest BCUT2D eigenvalue weighted by Crippen LogP contribution is -2.73. The standard InChI is InChI=1S/C12H22N2O3/c1-3-10-6-17-9(2)5-14(10)12(4-11(15)16)7-13-8-12/h9-10,13H,3-8H2,1-2H3,(H,15,16). The molecule has 0 radical (unpaired) electrons. The highest BCUT2D eigenvalue weighted by Crippen LogP contribution is 2.31. The fourth-order valence-electron chi connectivity index (χ4n) is 2.89. The molecule has 0 spiro atoms. The zero-order chi connectivity index (χ0) is 12.5. The smallest absolute Gasteiger partial charge is 0.305 e. The third-order valence-electron chi connectivity index (χ3n) is 3.94. The normalized spacial score (nSPS) is 33.1. The van der Waals surface area contributed by atoms with Gasteiger partial charge in [-0.2, -0.15) is 0 Å². The minimum atomic E-state index is -0.708. The van der Waals surface area contributed by atoms with Crippen LogP contribution in [0.3, 0.4) is 0 Å². The monoisotopic (exact) mass is 242 g/mol. The van der Waals surface area contributed by atoms with Gasteiger partial charge in [0.2, 0.25) is 0 Å². The van der Waals surface area contributed by atoms with E-state index in [2.05, 4.69) is 24.1 Å². The SMILES string of the molecule is CCC1COC(C)CN1C1(CC(=O)O)CNC1. The van der Waals surface area contributed by atoms with Crippen molar-refractivity contribution in [1.29, 1.82) is 0 Å². The maximum absolute atomic E-state index is 11.0. The number of carbonyl (C=O) groups is 1. The molecule has 0 bridgehead atoms. The van der Waals surface area contributed by atoms with Crippen LogP contribution < -0.4 is 5.32 Å². The first-order valence-corrected chi connectivity index (χ1v) is 6.38. The highest BCUT2D eigenvalue weighted by molar-refractivity contribution is 5.69. The first-order valence-electron chi connectivity index (χ1n) is 6.38. The summed E-state index contributed by atoms with van der Waals surface area (Å²) in [5, 5.41) is 12.3. The Morgan fingerprint density at radius 3 is 2.76 bits per heavy atom. The van der Waals surface area contributed by atoms with Crippen LogP contribution in [0.25, 0.3) is 0 Å². The Morgan fingerprint density at radius 2 is 2.29 bits per heavy atom. The van der Waals surface area contributed by atoms with Crippen LogP contribution in [0.1, 0.15) is 26.7 Å². The predicted octanol–water partition coefficient (Wildman–Crippen LogP) is 0.302. The summed E-state index contributed by atoms with van der Waals surface area (Å²) in [6, 6.07) is 0.354. The summed E-state index contributed by atoms with van der Waals surface area (Å²) in [7, 11) is 0. The van der Waals surface area contributed by atoms with Crippen molar-refractivity contribution in [2.75, 3.05) is 26.2 Å². The Kier molecular flexibility index (Phi) is 3.70. The minimum Gasteiger partial charge on any atom is -0.481 e. The van der Waals surface area contributed by atoms with Crippen molar-refractivity contribution in [3.05, 3.63) is 0 Å². The van der Waals surface area contributed by atoms with E-state index in [4.69, 9.17) is 9.84 Å². The maximum Gasteiger partial charge on any atom is 0.305 e. The molecule has 5 heteroatoms. The van der Waals surface area contributed by atoms with Crippen molar-refractivity contribution >= 4 is 5.97 Å². The number of nitrogens with one attached hydrogen (secondary N) is 1. The number of carboxylic acids is 1. The molecule has 2 aliphatic rings. The van der Waals surface area contributed by atoms with E-state index in [-0.39, 0.29) is 18.1 Å². The average Bonchev–Trinajstić information content (AvgIpc) is 2.23. The molecule has 98 valence electrons. The van der Waals surface area contributed by atoms with E-state index in [1.54, 1.807) is 0 Å². The lowest BCUT2D eigenvalue weighted by molar-refractivity contribution is -0.150. The fourth-order valence-corrected chi connectivity index (χ4v) is 2.89. The number of ether oxygens (including phenoxy) is 1. The number of aliphatic carboxylic acids is 1. The lowest BCUT2D eigenvalue weighted by atomic mass is 9.84. The predicted molar refractivity (Wildman–Crippen MR) is 64.1 cm³/mol. The number of carboxylic acid groups (broad SMARTS) is 1. The van der Waals surface area contributed by atoms with Gasteiger partial charge in [-0.3, -0.25) is 9.69 Å². The van der Waals surface area contributed by atoms with Gasteiger partial charge in [0, 0.05) is 25.7 Å². The van der Waals surface area contributed by atoms with Gasteiger partial charge < -0.3 is 15.2 Å². The molecule has 5 nitrogen and oxygen atoms in total. The number of hydrogen-bond donors (Lipinski definition) is 2. The highest BCUT2D eigenvalue weighted by atomic mass is 16.5. The molecule has 2 fully saturated rings. The highest BCUT2D eigenvalue weighted by Gasteiger charge is 2.48. The molecule has 2 saturated heterocycles. The summed E-state index contributed by atoms with van der Waals surface area (Å²) in [6.07, 6.45) is 1.43. The van der Waals surface area contributed by atoms with Gasteiger partial charge >= 0.3 is 5.97 Å². The molecule has 0 saturated carbocycles. The van der Waals surface area contributed by atoms with Crippen molar-refractivity contribution in [2.24, 2.45) is 0 Å². The lowest BCUT2D eigenvalue weighted by Gasteiger charge is -2.55. The summed E-state index contributed by atoms with van der Waals surface area (Å²) < 4.78 is 5.67. The van der Waals surface area contributed by atoms with Crippen LogP contribution >= 0.6 is 0 Å². The minimum absolute atomic E-state index is 0.190. The summed E-state index contributed by atoms with van der Waals surface area (Å²) >= 11 is 0. The second kappa shape index (κ2) is 4.92. The van der Waals surface area contributed by atoms with E-state index < -0.39 is 5.97 Å². The molecule has 2 heterocycles. The first-order chi connectivity index (χ1) is 8.07. The number of nitrogens with zero attached hydrogens (tertiary/aromatic N) is 1. The van der Waals surface area contributed by atoms with E-state index in [0.29, 0.717) is 6.04 Å². The van der Waals surface area contributed by atoms with E-state index >= 15 is 0 Å². The van der Waals surface area contributed by atoms with Crippen LogP contribution in [-0.4, -0.2) is 59.9 Å². The van der Waals surface area contributed by atoms with Gasteiger partial charge in [0.05, 0.1) is 24.7 Å². The summed E-state index contributed by atoms with van der Waals surface area (Å²) in [5.74, 6) is -0.708. The summed E-state index contributed by atoms with van der Waals surface area (Å²) in [5.41, 5.74) is -0.190. The van der Waals surface area contributed by atoms with E-state index in [9.17, 15) is 4.79 Å². The molecular formula is C12H22N2O3. The Hall–Kier alpha value is -0.650. The summed E-state index contributed by atoms with van der Waals surface area (Å²) in [6.45, 7) is 7.31. The van der Waals surface area contributed by atoms with Crippen LogP contribution in [0.15, 0.2) is 0 Å².